The fourth-order valence-corrected chi connectivity index (χ4v) is 4.18. The van der Waals surface area contributed by atoms with E-state index < -0.39 is 0 Å². The van der Waals surface area contributed by atoms with Crippen molar-refractivity contribution in [2.45, 2.75) is 39.2 Å². The number of nitrogens with one attached hydrogen (secondary N) is 1. The number of rotatable bonds is 6. The van der Waals surface area contributed by atoms with Crippen molar-refractivity contribution >= 4 is 11.7 Å². The number of anilines is 1. The van der Waals surface area contributed by atoms with E-state index >= 15 is 0 Å². The molecule has 0 saturated carbocycles. The summed E-state index contributed by atoms with van der Waals surface area (Å²) in [7, 11) is 0. The van der Waals surface area contributed by atoms with E-state index in [0.29, 0.717) is 6.54 Å². The van der Waals surface area contributed by atoms with E-state index in [1.54, 1.807) is 12.1 Å². The maximum Gasteiger partial charge on any atom is 0.271 e. The van der Waals surface area contributed by atoms with Gasteiger partial charge in [-0.05, 0) is 55.5 Å². The highest BCUT2D eigenvalue weighted by Crippen LogP contribution is 2.23. The fourth-order valence-electron chi connectivity index (χ4n) is 4.18. The maximum absolute atomic E-state index is 12.9. The number of amides is 1. The third kappa shape index (κ3) is 4.90. The van der Waals surface area contributed by atoms with Crippen LogP contribution in [0, 0.1) is 5.92 Å². The molecule has 1 N–H and O–H groups in total. The summed E-state index contributed by atoms with van der Waals surface area (Å²) in [5.74, 6) is 0.674. The number of nitrogens with zero attached hydrogens (tertiary/aromatic N) is 3. The summed E-state index contributed by atoms with van der Waals surface area (Å²) >= 11 is 0. The molecule has 0 bridgehead atoms. The molecule has 1 fully saturated rings. The van der Waals surface area contributed by atoms with Crippen LogP contribution in [0.1, 0.15) is 43.9 Å². The highest BCUT2D eigenvalue weighted by atomic mass is 16.2. The predicted molar refractivity (Wildman–Crippen MR) is 127 cm³/mol. The number of aryl methyl sites for hydroxylation is 1. The molecule has 0 aliphatic carbocycles. The molecular formula is C26H30N4O2. The molecule has 2 heterocycles. The maximum atomic E-state index is 12.9. The second-order valence-electron chi connectivity index (χ2n) is 8.39. The van der Waals surface area contributed by atoms with Crippen molar-refractivity contribution in [2.24, 2.45) is 5.92 Å². The summed E-state index contributed by atoms with van der Waals surface area (Å²) in [6.45, 7) is 5.52. The van der Waals surface area contributed by atoms with Gasteiger partial charge in [0.15, 0.2) is 0 Å². The Labute approximate surface area is 188 Å². The number of benzene rings is 2. The zero-order chi connectivity index (χ0) is 22.5. The van der Waals surface area contributed by atoms with Gasteiger partial charge in [0, 0.05) is 19.2 Å². The highest BCUT2D eigenvalue weighted by molar-refractivity contribution is 5.80. The smallest absolute Gasteiger partial charge is 0.271 e. The third-order valence-electron chi connectivity index (χ3n) is 6.15. The number of hydrogen-bond donors (Lipinski definition) is 1. The van der Waals surface area contributed by atoms with Crippen molar-refractivity contribution in [1.82, 2.24) is 15.1 Å². The average molecular weight is 431 g/mol. The minimum absolute atomic E-state index is 0.0369. The predicted octanol–water partition coefficient (Wildman–Crippen LogP) is 3.89. The van der Waals surface area contributed by atoms with Gasteiger partial charge in [-0.2, -0.15) is 4.68 Å². The quantitative estimate of drug-likeness (QED) is 0.644. The lowest BCUT2D eigenvalue weighted by Crippen LogP contribution is -2.44. The first-order chi connectivity index (χ1) is 15.5. The summed E-state index contributed by atoms with van der Waals surface area (Å²) in [4.78, 5) is 27.5. The Balaban J connectivity index is 1.48. The lowest BCUT2D eigenvalue weighted by molar-refractivity contribution is -0.125. The molecule has 166 valence electrons. The van der Waals surface area contributed by atoms with Crippen LogP contribution in [0.25, 0.3) is 5.69 Å². The van der Waals surface area contributed by atoms with Crippen molar-refractivity contribution in [2.75, 3.05) is 18.0 Å². The van der Waals surface area contributed by atoms with Crippen molar-refractivity contribution in [1.29, 1.82) is 0 Å². The summed E-state index contributed by atoms with van der Waals surface area (Å²) < 4.78 is 1.44. The standard InChI is InChI=1S/C26H30N4O2/c1-3-20-11-13-23(14-12-20)30-25(31)16-15-24(28-30)29-17-7-10-22(18-29)26(32)27-19(2)21-8-5-4-6-9-21/h4-6,8-9,11-16,19,22H,3,7,10,17-18H2,1-2H3,(H,27,32). The molecule has 1 saturated heterocycles. The van der Waals surface area contributed by atoms with Crippen molar-refractivity contribution in [3.63, 3.8) is 0 Å². The molecule has 1 aromatic heterocycles. The molecule has 0 radical (unpaired) electrons. The number of carbonyl (C=O) groups excluding carboxylic acids is 1. The molecule has 3 aromatic rings. The Bertz CT molecular complexity index is 1110. The van der Waals surface area contributed by atoms with E-state index in [1.807, 2.05) is 61.5 Å². The molecule has 4 rings (SSSR count). The minimum atomic E-state index is -0.166. The van der Waals surface area contributed by atoms with Crippen LogP contribution >= 0.6 is 0 Å². The molecule has 1 aliphatic rings. The lowest BCUT2D eigenvalue weighted by atomic mass is 9.96. The SMILES string of the molecule is CCc1ccc(-n2nc(N3CCCC(C(=O)NC(C)c4ccccc4)C3)ccc2=O)cc1. The van der Waals surface area contributed by atoms with Crippen molar-refractivity contribution in [3.8, 4) is 5.69 Å². The fraction of sp³-hybridized carbons (Fsp3) is 0.346. The molecular weight excluding hydrogens is 400 g/mol. The Hall–Kier alpha value is -3.41. The lowest BCUT2D eigenvalue weighted by Gasteiger charge is -2.33. The Morgan fingerprint density at radius 2 is 1.84 bits per heavy atom. The highest BCUT2D eigenvalue weighted by Gasteiger charge is 2.27. The van der Waals surface area contributed by atoms with Gasteiger partial charge in [-0.3, -0.25) is 9.59 Å². The zero-order valence-electron chi connectivity index (χ0n) is 18.7. The molecule has 2 atom stereocenters. The van der Waals surface area contributed by atoms with Crippen LogP contribution < -0.4 is 15.8 Å². The van der Waals surface area contributed by atoms with Gasteiger partial charge in [-0.25, -0.2) is 0 Å². The first kappa shape index (κ1) is 21.8. The molecule has 6 nitrogen and oxygen atoms in total. The van der Waals surface area contributed by atoms with E-state index in [9.17, 15) is 9.59 Å². The molecule has 6 heteroatoms. The second kappa shape index (κ2) is 9.81. The van der Waals surface area contributed by atoms with Crippen LogP contribution in [0.4, 0.5) is 5.82 Å². The van der Waals surface area contributed by atoms with Gasteiger partial charge >= 0.3 is 0 Å². The van der Waals surface area contributed by atoms with Crippen LogP contribution in [0.3, 0.4) is 0 Å². The average Bonchev–Trinajstić information content (AvgIpc) is 2.85. The Morgan fingerprint density at radius 3 is 2.56 bits per heavy atom. The molecule has 0 spiro atoms. The van der Waals surface area contributed by atoms with Gasteiger partial charge in [0.05, 0.1) is 17.6 Å². The van der Waals surface area contributed by atoms with E-state index in [-0.39, 0.29) is 23.4 Å². The summed E-state index contributed by atoms with van der Waals surface area (Å²) in [5, 5.41) is 7.78. The van der Waals surface area contributed by atoms with E-state index in [2.05, 4.69) is 22.2 Å². The van der Waals surface area contributed by atoms with Crippen LogP contribution in [-0.4, -0.2) is 28.8 Å². The van der Waals surface area contributed by atoms with Gasteiger partial charge in [0.2, 0.25) is 5.91 Å². The Morgan fingerprint density at radius 1 is 1.09 bits per heavy atom. The van der Waals surface area contributed by atoms with Gasteiger partial charge in [-0.15, -0.1) is 5.10 Å². The van der Waals surface area contributed by atoms with E-state index in [0.717, 1.165) is 42.9 Å². The monoisotopic (exact) mass is 430 g/mol. The number of carbonyl (C=O) groups is 1. The zero-order valence-corrected chi connectivity index (χ0v) is 18.7. The van der Waals surface area contributed by atoms with Crippen LogP contribution in [0.2, 0.25) is 0 Å². The topological polar surface area (TPSA) is 67.2 Å². The van der Waals surface area contributed by atoms with E-state index in [1.165, 1.54) is 10.2 Å². The molecule has 1 amide bonds. The van der Waals surface area contributed by atoms with Crippen LogP contribution in [-0.2, 0) is 11.2 Å². The van der Waals surface area contributed by atoms with Gasteiger partial charge in [-0.1, -0.05) is 49.4 Å². The van der Waals surface area contributed by atoms with Crippen LogP contribution in [0.15, 0.2) is 71.5 Å². The first-order valence-electron chi connectivity index (χ1n) is 11.3. The van der Waals surface area contributed by atoms with Crippen molar-refractivity contribution in [3.05, 3.63) is 88.2 Å². The van der Waals surface area contributed by atoms with Gasteiger partial charge in [0.25, 0.3) is 5.56 Å². The number of piperidine rings is 1. The van der Waals surface area contributed by atoms with Crippen molar-refractivity contribution < 1.29 is 4.79 Å². The van der Waals surface area contributed by atoms with Gasteiger partial charge in [0.1, 0.15) is 5.82 Å². The molecule has 2 unspecified atom stereocenters. The molecule has 2 aromatic carbocycles. The summed E-state index contributed by atoms with van der Waals surface area (Å²) in [6, 6.07) is 21.2. The minimum Gasteiger partial charge on any atom is -0.354 e. The largest absolute Gasteiger partial charge is 0.354 e. The number of aromatic nitrogens is 2. The molecule has 1 aliphatic heterocycles. The summed E-state index contributed by atoms with van der Waals surface area (Å²) in [6.07, 6.45) is 2.70. The normalized spacial score (nSPS) is 17.1. The number of hydrogen-bond acceptors (Lipinski definition) is 4. The molecule has 32 heavy (non-hydrogen) atoms. The van der Waals surface area contributed by atoms with Gasteiger partial charge < -0.3 is 10.2 Å². The van der Waals surface area contributed by atoms with Crippen LogP contribution in [0.5, 0.6) is 0 Å². The van der Waals surface area contributed by atoms with E-state index in [4.69, 9.17) is 0 Å². The Kier molecular flexibility index (Phi) is 6.69. The first-order valence-corrected chi connectivity index (χ1v) is 11.3. The summed E-state index contributed by atoms with van der Waals surface area (Å²) in [5.41, 5.74) is 2.89. The third-order valence-corrected chi connectivity index (χ3v) is 6.15. The second-order valence-corrected chi connectivity index (χ2v) is 8.39.